The minimum absolute atomic E-state index is 0.917. The van der Waals surface area contributed by atoms with Gasteiger partial charge >= 0.3 is 0 Å². The van der Waals surface area contributed by atoms with Crippen molar-refractivity contribution in [2.45, 2.75) is 0 Å². The third-order valence-corrected chi connectivity index (χ3v) is 5.54. The Morgan fingerprint density at radius 1 is 0.211 bits per heavy atom. The van der Waals surface area contributed by atoms with Crippen LogP contribution < -0.4 is 0 Å². The zero-order valence-corrected chi connectivity index (χ0v) is 20.7. The second-order valence-corrected chi connectivity index (χ2v) is 8.47. The molecule has 0 N–H and O–H groups in total. The van der Waals surface area contributed by atoms with Gasteiger partial charge in [0.15, 0.2) is 0 Å². The van der Waals surface area contributed by atoms with E-state index in [0.29, 0.717) is 0 Å². The maximum Gasteiger partial charge on any atom is 0.0261 e. The van der Waals surface area contributed by atoms with Crippen LogP contribution >= 0.6 is 0 Å². The monoisotopic (exact) mass is 478 g/mol. The Hall–Kier alpha value is -5.66. The predicted molar refractivity (Wildman–Crippen MR) is 156 cm³/mol. The summed E-state index contributed by atoms with van der Waals surface area (Å²) >= 11 is 0. The highest BCUT2D eigenvalue weighted by molar-refractivity contribution is 5.52. The van der Waals surface area contributed by atoms with Crippen molar-refractivity contribution < 1.29 is 0 Å². The van der Waals surface area contributed by atoms with E-state index in [9.17, 15) is 0 Å². The second-order valence-electron chi connectivity index (χ2n) is 8.47. The van der Waals surface area contributed by atoms with E-state index in [1.807, 2.05) is 133 Å². The summed E-state index contributed by atoms with van der Waals surface area (Å²) in [5, 5.41) is 0. The van der Waals surface area contributed by atoms with Crippen LogP contribution in [0.5, 0.6) is 0 Å². The Labute approximate surface area is 225 Å². The molecule has 0 bridgehead atoms. The molecule has 0 fully saturated rings. The average Bonchev–Trinajstić information content (AvgIpc) is 2.99. The molecule has 174 valence electrons. The molecule has 0 radical (unpaired) electrons. The Kier molecular flexibility index (Phi) is 7.81. The van der Waals surface area contributed by atoms with Gasteiger partial charge in [-0.05, 0) is 78.9 Å². The molecule has 0 aromatic heterocycles. The predicted octanol–water partition coefficient (Wildman–Crippen LogP) is 7.29. The molecule has 0 atom stereocenters. The highest BCUT2D eigenvalue weighted by atomic mass is 14.0. The number of rotatable bonds is 0. The van der Waals surface area contributed by atoms with E-state index in [4.69, 9.17) is 0 Å². The fraction of sp³-hybridized carbons (Fsp3) is 0. The van der Waals surface area contributed by atoms with Crippen LogP contribution in [0.4, 0.5) is 0 Å². The van der Waals surface area contributed by atoms with Crippen molar-refractivity contribution in [1.82, 2.24) is 0 Å². The maximum absolute atomic E-state index is 3.26. The Bertz CT molecular complexity index is 1680. The molecule has 0 saturated carbocycles. The zero-order chi connectivity index (χ0) is 25.8. The SMILES string of the molecule is C(#Cc1cccc(C#Cc2cccc(C#Cc3cccc(C#Cc4ccccc4)c3)c2)c1)c1ccccc1. The molecule has 0 heteroatoms. The van der Waals surface area contributed by atoms with Gasteiger partial charge in [-0.3, -0.25) is 0 Å². The topological polar surface area (TPSA) is 0 Å². The summed E-state index contributed by atoms with van der Waals surface area (Å²) in [4.78, 5) is 0. The first kappa shape index (κ1) is 24.1. The summed E-state index contributed by atoms with van der Waals surface area (Å²) in [5.74, 6) is 25.8. The Balaban J connectivity index is 1.30. The molecule has 5 rings (SSSR count). The molecule has 5 aromatic rings. The Morgan fingerprint density at radius 2 is 0.421 bits per heavy atom. The van der Waals surface area contributed by atoms with Crippen LogP contribution in [0, 0.1) is 47.4 Å². The van der Waals surface area contributed by atoms with Crippen LogP contribution in [0.1, 0.15) is 44.5 Å². The molecular weight excluding hydrogens is 456 g/mol. The molecule has 38 heavy (non-hydrogen) atoms. The first-order chi connectivity index (χ1) is 18.8. The summed E-state index contributed by atoms with van der Waals surface area (Å²) in [6.07, 6.45) is 0. The van der Waals surface area contributed by atoms with E-state index in [0.717, 1.165) is 44.5 Å². The fourth-order valence-corrected chi connectivity index (χ4v) is 3.64. The lowest BCUT2D eigenvalue weighted by Gasteiger charge is -1.95. The molecule has 0 unspecified atom stereocenters. The second kappa shape index (κ2) is 12.3. The van der Waals surface area contributed by atoms with Gasteiger partial charge in [0, 0.05) is 44.5 Å². The lowest BCUT2D eigenvalue weighted by Crippen LogP contribution is -1.82. The lowest BCUT2D eigenvalue weighted by molar-refractivity contribution is 1.57. The van der Waals surface area contributed by atoms with Gasteiger partial charge < -0.3 is 0 Å². The zero-order valence-electron chi connectivity index (χ0n) is 20.7. The third kappa shape index (κ3) is 7.17. The van der Waals surface area contributed by atoms with Crippen LogP contribution in [-0.2, 0) is 0 Å². The van der Waals surface area contributed by atoms with Gasteiger partial charge in [-0.15, -0.1) is 0 Å². The van der Waals surface area contributed by atoms with Crippen LogP contribution in [-0.4, -0.2) is 0 Å². The van der Waals surface area contributed by atoms with Crippen molar-refractivity contribution in [3.05, 3.63) is 178 Å². The van der Waals surface area contributed by atoms with Crippen LogP contribution in [0.15, 0.2) is 133 Å². The standard InChI is InChI=1S/C38H22/c1-3-10-31(11-4-1)20-22-33-14-7-16-35(28-33)24-26-37-18-9-19-38(30-37)27-25-36-17-8-15-34(29-36)23-21-32-12-5-2-6-13-32/h1-19,28-30H. The van der Waals surface area contributed by atoms with Crippen molar-refractivity contribution in [1.29, 1.82) is 0 Å². The van der Waals surface area contributed by atoms with E-state index in [1.165, 1.54) is 0 Å². The minimum atomic E-state index is 0.917. The van der Waals surface area contributed by atoms with E-state index in [-0.39, 0.29) is 0 Å². The molecule has 0 nitrogen and oxygen atoms in total. The highest BCUT2D eigenvalue weighted by Crippen LogP contribution is 2.08. The first-order valence-electron chi connectivity index (χ1n) is 12.3. The third-order valence-electron chi connectivity index (χ3n) is 5.54. The lowest BCUT2D eigenvalue weighted by atomic mass is 10.1. The van der Waals surface area contributed by atoms with Gasteiger partial charge in [0.05, 0.1) is 0 Å². The fourth-order valence-electron chi connectivity index (χ4n) is 3.64. The van der Waals surface area contributed by atoms with Crippen LogP contribution in [0.2, 0.25) is 0 Å². The summed E-state index contributed by atoms with van der Waals surface area (Å²) in [6, 6.07) is 43.9. The van der Waals surface area contributed by atoms with Crippen molar-refractivity contribution in [2.75, 3.05) is 0 Å². The first-order valence-corrected chi connectivity index (χ1v) is 12.3. The van der Waals surface area contributed by atoms with Crippen molar-refractivity contribution in [3.63, 3.8) is 0 Å². The molecule has 0 heterocycles. The normalized spacial score (nSPS) is 9.26. The summed E-state index contributed by atoms with van der Waals surface area (Å²) in [7, 11) is 0. The number of benzene rings is 5. The van der Waals surface area contributed by atoms with Crippen LogP contribution in [0.3, 0.4) is 0 Å². The van der Waals surface area contributed by atoms with Gasteiger partial charge in [0.1, 0.15) is 0 Å². The maximum atomic E-state index is 3.26. The molecule has 0 aliphatic rings. The smallest absolute Gasteiger partial charge is 0.0261 e. The van der Waals surface area contributed by atoms with E-state index in [2.05, 4.69) is 47.4 Å². The van der Waals surface area contributed by atoms with Crippen molar-refractivity contribution in [2.24, 2.45) is 0 Å². The van der Waals surface area contributed by atoms with E-state index < -0.39 is 0 Å². The molecule has 0 aliphatic carbocycles. The van der Waals surface area contributed by atoms with E-state index in [1.54, 1.807) is 0 Å². The number of hydrogen-bond acceptors (Lipinski definition) is 0. The van der Waals surface area contributed by atoms with Crippen molar-refractivity contribution >= 4 is 0 Å². The van der Waals surface area contributed by atoms with Gasteiger partial charge in [-0.2, -0.15) is 0 Å². The largest absolute Gasteiger partial charge is 0.0622 e. The summed E-state index contributed by atoms with van der Waals surface area (Å²) in [6.45, 7) is 0. The van der Waals surface area contributed by atoms with Gasteiger partial charge in [-0.25, -0.2) is 0 Å². The molecule has 5 aromatic carbocycles. The Morgan fingerprint density at radius 3 is 0.684 bits per heavy atom. The molecule has 0 aliphatic heterocycles. The summed E-state index contributed by atoms with van der Waals surface area (Å²) in [5.41, 5.74) is 7.55. The van der Waals surface area contributed by atoms with Gasteiger partial charge in [0.25, 0.3) is 0 Å². The molecule has 0 spiro atoms. The average molecular weight is 479 g/mol. The quantitative estimate of drug-likeness (QED) is 0.205. The van der Waals surface area contributed by atoms with Gasteiger partial charge in [0.2, 0.25) is 0 Å². The van der Waals surface area contributed by atoms with Crippen LogP contribution in [0.25, 0.3) is 0 Å². The number of hydrogen-bond donors (Lipinski definition) is 0. The summed E-state index contributed by atoms with van der Waals surface area (Å²) < 4.78 is 0. The van der Waals surface area contributed by atoms with Gasteiger partial charge in [-0.1, -0.05) is 102 Å². The minimum Gasteiger partial charge on any atom is -0.0622 e. The highest BCUT2D eigenvalue weighted by Gasteiger charge is 1.94. The van der Waals surface area contributed by atoms with Crippen molar-refractivity contribution in [3.8, 4) is 47.4 Å². The molecule has 0 saturated heterocycles. The molecular formula is C38H22. The van der Waals surface area contributed by atoms with E-state index >= 15 is 0 Å². The molecule has 0 amide bonds.